The van der Waals surface area contributed by atoms with Gasteiger partial charge in [0.25, 0.3) is 0 Å². The van der Waals surface area contributed by atoms with E-state index in [2.05, 4.69) is 24.1 Å². The van der Waals surface area contributed by atoms with Crippen molar-refractivity contribution in [2.75, 3.05) is 19.7 Å². The predicted molar refractivity (Wildman–Crippen MR) is 129 cm³/mol. The maximum Gasteiger partial charge on any atom is 0.190 e. The van der Waals surface area contributed by atoms with Crippen LogP contribution >= 0.6 is 0 Å². The summed E-state index contributed by atoms with van der Waals surface area (Å²) in [6.45, 7) is 20.1. The Balaban J connectivity index is 1.42. The largest absolute Gasteiger partial charge is 0.396 e. The first-order valence-electron chi connectivity index (χ1n) is 11.3. The molecule has 33 heavy (non-hydrogen) atoms. The molecule has 4 rings (SSSR count). The van der Waals surface area contributed by atoms with Crippen molar-refractivity contribution in [2.24, 2.45) is 5.41 Å². The number of benzene rings is 2. The Morgan fingerprint density at radius 2 is 1.73 bits per heavy atom. The van der Waals surface area contributed by atoms with Crippen molar-refractivity contribution in [3.05, 3.63) is 100 Å². The Hall–Kier alpha value is -3.45. The highest BCUT2D eigenvalue weighted by molar-refractivity contribution is 5.52. The Bertz CT molecular complexity index is 1170. The average molecular weight is 440 g/mol. The molecule has 0 unspecified atom stereocenters. The smallest absolute Gasteiger partial charge is 0.190 e. The second-order valence-electron chi connectivity index (χ2n) is 9.01. The first-order valence-corrected chi connectivity index (χ1v) is 11.3. The molecule has 168 valence electrons. The minimum atomic E-state index is -0.169. The summed E-state index contributed by atoms with van der Waals surface area (Å²) in [6.07, 6.45) is 4.51. The normalized spacial score (nSPS) is 15.6. The third kappa shape index (κ3) is 5.14. The number of aliphatic hydroxyl groups is 1. The van der Waals surface area contributed by atoms with Gasteiger partial charge in [-0.15, -0.1) is 0 Å². The average Bonchev–Trinajstić information content (AvgIpc) is 3.20. The van der Waals surface area contributed by atoms with Gasteiger partial charge in [0.15, 0.2) is 11.4 Å². The second-order valence-corrected chi connectivity index (χ2v) is 9.01. The van der Waals surface area contributed by atoms with Crippen molar-refractivity contribution in [2.45, 2.75) is 39.3 Å². The van der Waals surface area contributed by atoms with Crippen molar-refractivity contribution in [3.8, 4) is 0 Å². The van der Waals surface area contributed by atoms with Crippen molar-refractivity contribution in [3.63, 3.8) is 0 Å². The Morgan fingerprint density at radius 1 is 1.00 bits per heavy atom. The van der Waals surface area contributed by atoms with Gasteiger partial charge in [-0.05, 0) is 55.8 Å². The molecule has 0 radical (unpaired) electrons. The molecule has 1 fully saturated rings. The standard InChI is InChI=1S/C27H29N5O/c1-21-30-17-25(32(21)18-22-8-10-24(28-2)11-9-22)19-31-14-12-27(20-33,13-15-31)16-23-6-4-5-7-26(23)29-3/h4-11,17,33H,12-16,18-20H2,1H3. The first-order chi connectivity index (χ1) is 16.1. The van der Waals surface area contributed by atoms with Crippen LogP contribution in [0.5, 0.6) is 0 Å². The number of aromatic nitrogens is 2. The van der Waals surface area contributed by atoms with Crippen molar-refractivity contribution in [1.29, 1.82) is 0 Å². The van der Waals surface area contributed by atoms with Gasteiger partial charge in [-0.1, -0.05) is 48.5 Å². The maximum absolute atomic E-state index is 10.3. The molecular formula is C27H29N5O. The molecule has 0 atom stereocenters. The summed E-state index contributed by atoms with van der Waals surface area (Å²) in [6, 6.07) is 15.5. The van der Waals surface area contributed by atoms with Gasteiger partial charge >= 0.3 is 0 Å². The summed E-state index contributed by atoms with van der Waals surface area (Å²) in [7, 11) is 0. The van der Waals surface area contributed by atoms with Crippen molar-refractivity contribution >= 4 is 11.4 Å². The number of aliphatic hydroxyl groups excluding tert-OH is 1. The number of nitrogens with zero attached hydrogens (tertiary/aromatic N) is 5. The lowest BCUT2D eigenvalue weighted by Gasteiger charge is -2.41. The lowest BCUT2D eigenvalue weighted by molar-refractivity contribution is 0.0407. The number of rotatable bonds is 7. The summed E-state index contributed by atoms with van der Waals surface area (Å²) in [4.78, 5) is 14.1. The van der Waals surface area contributed by atoms with Gasteiger partial charge in [-0.2, -0.15) is 0 Å². The van der Waals surface area contributed by atoms with Gasteiger partial charge in [0.1, 0.15) is 5.82 Å². The zero-order valence-corrected chi connectivity index (χ0v) is 19.0. The van der Waals surface area contributed by atoms with Gasteiger partial charge in [-0.3, -0.25) is 4.90 Å². The summed E-state index contributed by atoms with van der Waals surface area (Å²) in [5.74, 6) is 0.983. The summed E-state index contributed by atoms with van der Waals surface area (Å²) in [5.41, 5.74) is 4.54. The molecule has 0 bridgehead atoms. The molecule has 1 aromatic heterocycles. The van der Waals surface area contributed by atoms with E-state index < -0.39 is 0 Å². The number of imidazole rings is 1. The minimum Gasteiger partial charge on any atom is -0.396 e. The quantitative estimate of drug-likeness (QED) is 0.518. The maximum atomic E-state index is 10.3. The van der Waals surface area contributed by atoms with Crippen LogP contribution in [0.4, 0.5) is 11.4 Å². The van der Waals surface area contributed by atoms with Crippen LogP contribution in [0.3, 0.4) is 0 Å². The zero-order chi connectivity index (χ0) is 23.3. The number of piperidine rings is 1. The molecule has 0 saturated carbocycles. The van der Waals surface area contributed by atoms with Crippen LogP contribution in [0.1, 0.15) is 35.5 Å². The molecule has 6 nitrogen and oxygen atoms in total. The fourth-order valence-corrected chi connectivity index (χ4v) is 4.69. The molecule has 1 saturated heterocycles. The molecule has 0 aliphatic carbocycles. The summed E-state index contributed by atoms with van der Waals surface area (Å²) in [5, 5.41) is 10.3. The minimum absolute atomic E-state index is 0.144. The van der Waals surface area contributed by atoms with E-state index >= 15 is 0 Å². The van der Waals surface area contributed by atoms with Gasteiger partial charge in [0.05, 0.1) is 18.8 Å². The fourth-order valence-electron chi connectivity index (χ4n) is 4.69. The van der Waals surface area contributed by atoms with Gasteiger partial charge < -0.3 is 9.67 Å². The van der Waals surface area contributed by atoms with E-state index in [0.29, 0.717) is 11.4 Å². The highest BCUT2D eigenvalue weighted by Gasteiger charge is 2.35. The summed E-state index contributed by atoms with van der Waals surface area (Å²) < 4.78 is 2.24. The highest BCUT2D eigenvalue weighted by atomic mass is 16.3. The third-order valence-electron chi connectivity index (χ3n) is 6.86. The number of aryl methyl sites for hydroxylation is 1. The number of hydrogen-bond acceptors (Lipinski definition) is 3. The third-order valence-corrected chi connectivity index (χ3v) is 6.86. The second kappa shape index (κ2) is 10.0. The van der Waals surface area contributed by atoms with Crippen LogP contribution in [-0.4, -0.2) is 39.3 Å². The van der Waals surface area contributed by atoms with Crippen LogP contribution in [0.15, 0.2) is 54.7 Å². The Kier molecular flexibility index (Phi) is 6.89. The van der Waals surface area contributed by atoms with Crippen LogP contribution in [-0.2, 0) is 19.5 Å². The van der Waals surface area contributed by atoms with E-state index in [4.69, 9.17) is 13.1 Å². The van der Waals surface area contributed by atoms with Crippen LogP contribution < -0.4 is 0 Å². The van der Waals surface area contributed by atoms with E-state index in [9.17, 15) is 5.11 Å². The van der Waals surface area contributed by atoms with Crippen molar-refractivity contribution < 1.29 is 5.11 Å². The van der Waals surface area contributed by atoms with E-state index in [-0.39, 0.29) is 12.0 Å². The monoisotopic (exact) mass is 439 g/mol. The molecule has 0 amide bonds. The molecule has 1 N–H and O–H groups in total. The lowest BCUT2D eigenvalue weighted by atomic mass is 9.74. The summed E-state index contributed by atoms with van der Waals surface area (Å²) >= 11 is 0. The molecule has 2 heterocycles. The van der Waals surface area contributed by atoms with Gasteiger partial charge in [-0.25, -0.2) is 14.7 Å². The van der Waals surface area contributed by atoms with Crippen LogP contribution in [0, 0.1) is 25.5 Å². The highest BCUT2D eigenvalue weighted by Crippen LogP contribution is 2.37. The van der Waals surface area contributed by atoms with Gasteiger partial charge in [0.2, 0.25) is 0 Å². The molecule has 0 spiro atoms. The molecular weight excluding hydrogens is 410 g/mol. The molecule has 3 aromatic rings. The van der Waals surface area contributed by atoms with Gasteiger partial charge in [0, 0.05) is 25.9 Å². The van der Waals surface area contributed by atoms with Crippen LogP contribution in [0.2, 0.25) is 0 Å². The molecule has 6 heteroatoms. The number of likely N-dealkylation sites (tertiary alicyclic amines) is 1. The van der Waals surface area contributed by atoms with E-state index in [1.54, 1.807) is 0 Å². The predicted octanol–water partition coefficient (Wildman–Crippen LogP) is 5.16. The fraction of sp³-hybridized carbons (Fsp3) is 0.370. The zero-order valence-electron chi connectivity index (χ0n) is 19.0. The van der Waals surface area contributed by atoms with E-state index in [0.717, 1.165) is 62.4 Å². The number of hydrogen-bond donors (Lipinski definition) is 1. The molecule has 2 aromatic carbocycles. The lowest BCUT2D eigenvalue weighted by Crippen LogP contribution is -2.43. The molecule has 1 aliphatic heterocycles. The Morgan fingerprint density at radius 3 is 2.39 bits per heavy atom. The van der Waals surface area contributed by atoms with E-state index in [1.165, 1.54) is 5.69 Å². The van der Waals surface area contributed by atoms with Crippen LogP contribution in [0.25, 0.3) is 9.69 Å². The first kappa shape index (κ1) is 22.7. The SMILES string of the molecule is [C-]#[N+]c1ccc(Cn2c(CN3CCC(CO)(Cc4ccccc4[N+]#[C-])CC3)cnc2C)cc1. The van der Waals surface area contributed by atoms with Crippen molar-refractivity contribution in [1.82, 2.24) is 14.5 Å². The molecule has 1 aliphatic rings. The van der Waals surface area contributed by atoms with E-state index in [1.807, 2.05) is 61.7 Å². The topological polar surface area (TPSA) is 50.0 Å². The number of para-hydroxylation sites is 1. The Labute approximate surface area is 195 Å².